The van der Waals surface area contributed by atoms with E-state index in [0.29, 0.717) is 23.8 Å². The third-order valence-corrected chi connectivity index (χ3v) is 3.86. The summed E-state index contributed by atoms with van der Waals surface area (Å²) in [7, 11) is 0. The van der Waals surface area contributed by atoms with Gasteiger partial charge in [-0.1, -0.05) is 18.3 Å². The van der Waals surface area contributed by atoms with Crippen LogP contribution in [0.3, 0.4) is 0 Å². The molecule has 102 valence electrons. The van der Waals surface area contributed by atoms with Gasteiger partial charge >= 0.3 is 6.18 Å². The van der Waals surface area contributed by atoms with E-state index in [2.05, 4.69) is 15.5 Å². The van der Waals surface area contributed by atoms with Crippen molar-refractivity contribution in [2.24, 2.45) is 5.92 Å². The van der Waals surface area contributed by atoms with Gasteiger partial charge in [0.2, 0.25) is 10.1 Å². The van der Waals surface area contributed by atoms with Gasteiger partial charge in [0.15, 0.2) is 0 Å². The Morgan fingerprint density at radius 1 is 1.44 bits per heavy atom. The molecule has 4 nitrogen and oxygen atoms in total. The lowest BCUT2D eigenvalue weighted by Crippen LogP contribution is -2.22. The zero-order valence-corrected chi connectivity index (χ0v) is 10.6. The van der Waals surface area contributed by atoms with Gasteiger partial charge in [-0.2, -0.15) is 13.2 Å². The second kappa shape index (κ2) is 5.40. The number of halogens is 3. The molecule has 2 heterocycles. The number of alkyl halides is 3. The first-order valence-electron chi connectivity index (χ1n) is 5.77. The zero-order chi connectivity index (χ0) is 13.2. The van der Waals surface area contributed by atoms with Crippen molar-refractivity contribution in [3.8, 4) is 0 Å². The molecular formula is C10H14F3N3OS. The number of hydrogen-bond acceptors (Lipinski definition) is 5. The van der Waals surface area contributed by atoms with Crippen LogP contribution in [0, 0.1) is 5.92 Å². The second-order valence-corrected chi connectivity index (χ2v) is 5.13. The quantitative estimate of drug-likeness (QED) is 0.922. The molecule has 2 rings (SSSR count). The lowest BCUT2D eigenvalue weighted by molar-refractivity contribution is -0.138. The normalized spacial score (nSPS) is 24.4. The Labute approximate surface area is 107 Å². The van der Waals surface area contributed by atoms with Crippen LogP contribution in [0.4, 0.5) is 18.3 Å². The summed E-state index contributed by atoms with van der Waals surface area (Å²) in [6.45, 7) is 3.33. The van der Waals surface area contributed by atoms with E-state index in [4.69, 9.17) is 4.74 Å². The number of aromatic nitrogens is 2. The first-order chi connectivity index (χ1) is 8.50. The molecule has 0 aliphatic carbocycles. The summed E-state index contributed by atoms with van der Waals surface area (Å²) in [5, 5.41) is 8.82. The third kappa shape index (κ3) is 3.11. The van der Waals surface area contributed by atoms with Crippen molar-refractivity contribution >= 4 is 16.5 Å². The average molecular weight is 281 g/mol. The summed E-state index contributed by atoms with van der Waals surface area (Å²) in [6.07, 6.45) is -2.39. The van der Waals surface area contributed by atoms with Crippen LogP contribution in [-0.2, 0) is 10.9 Å². The molecule has 1 aliphatic rings. The zero-order valence-electron chi connectivity index (χ0n) is 9.83. The molecular weight excluding hydrogens is 267 g/mol. The highest BCUT2D eigenvalue weighted by atomic mass is 32.1. The Morgan fingerprint density at radius 2 is 2.22 bits per heavy atom. The summed E-state index contributed by atoms with van der Waals surface area (Å²) in [5.41, 5.74) is 0. The highest BCUT2D eigenvalue weighted by molar-refractivity contribution is 7.15. The van der Waals surface area contributed by atoms with Crippen molar-refractivity contribution in [1.29, 1.82) is 0 Å². The van der Waals surface area contributed by atoms with Crippen LogP contribution in [0.15, 0.2) is 0 Å². The Hall–Kier alpha value is -0.890. The van der Waals surface area contributed by atoms with Crippen LogP contribution >= 0.6 is 11.3 Å². The molecule has 1 aromatic heterocycles. The van der Waals surface area contributed by atoms with Gasteiger partial charge in [-0.3, -0.25) is 0 Å². The molecule has 1 fully saturated rings. The summed E-state index contributed by atoms with van der Waals surface area (Å²) in [5.74, 6) is 0.327. The second-order valence-electron chi connectivity index (χ2n) is 4.16. The van der Waals surface area contributed by atoms with Crippen molar-refractivity contribution in [2.75, 3.05) is 18.5 Å². The minimum Gasteiger partial charge on any atom is -0.378 e. The number of rotatable bonds is 4. The summed E-state index contributed by atoms with van der Waals surface area (Å²) < 4.78 is 42.5. The van der Waals surface area contributed by atoms with Crippen molar-refractivity contribution in [1.82, 2.24) is 10.2 Å². The van der Waals surface area contributed by atoms with Crippen LogP contribution in [0.2, 0.25) is 0 Å². The van der Waals surface area contributed by atoms with Crippen molar-refractivity contribution in [2.45, 2.75) is 32.0 Å². The first-order valence-corrected chi connectivity index (χ1v) is 6.58. The Bertz CT molecular complexity index is 396. The third-order valence-electron chi connectivity index (χ3n) is 2.93. The van der Waals surface area contributed by atoms with Gasteiger partial charge < -0.3 is 10.1 Å². The minimum absolute atomic E-state index is 0.188. The largest absolute Gasteiger partial charge is 0.445 e. The Morgan fingerprint density at radius 3 is 2.83 bits per heavy atom. The molecule has 8 heteroatoms. The smallest absolute Gasteiger partial charge is 0.378 e. The molecule has 2 unspecified atom stereocenters. The fourth-order valence-electron chi connectivity index (χ4n) is 2.01. The number of nitrogens with zero attached hydrogens (tertiary/aromatic N) is 2. The van der Waals surface area contributed by atoms with E-state index in [-0.39, 0.29) is 11.2 Å². The molecule has 1 N–H and O–H groups in total. The van der Waals surface area contributed by atoms with Gasteiger partial charge in [0.25, 0.3) is 0 Å². The molecule has 18 heavy (non-hydrogen) atoms. The van der Waals surface area contributed by atoms with Gasteiger partial charge in [0.1, 0.15) is 0 Å². The van der Waals surface area contributed by atoms with E-state index in [9.17, 15) is 13.2 Å². The van der Waals surface area contributed by atoms with Crippen molar-refractivity contribution < 1.29 is 17.9 Å². The fraction of sp³-hybridized carbons (Fsp3) is 0.800. The maximum atomic E-state index is 12.3. The molecule has 0 aromatic carbocycles. The van der Waals surface area contributed by atoms with Crippen LogP contribution < -0.4 is 5.32 Å². The fourth-order valence-corrected chi connectivity index (χ4v) is 2.62. The number of nitrogens with one attached hydrogen (secondary N) is 1. The predicted octanol–water partition coefficient (Wildman–Crippen LogP) is 2.78. The molecule has 0 amide bonds. The van der Waals surface area contributed by atoms with Crippen LogP contribution in [0.25, 0.3) is 0 Å². The van der Waals surface area contributed by atoms with Gasteiger partial charge in [0.05, 0.1) is 6.10 Å². The Balaban J connectivity index is 1.89. The number of anilines is 1. The maximum absolute atomic E-state index is 12.3. The summed E-state index contributed by atoms with van der Waals surface area (Å²) in [6, 6.07) is 0. The van der Waals surface area contributed by atoms with E-state index in [1.165, 1.54) is 0 Å². The van der Waals surface area contributed by atoms with E-state index in [1.807, 2.05) is 6.92 Å². The molecule has 0 radical (unpaired) electrons. The Kier molecular flexibility index (Phi) is 4.06. The van der Waals surface area contributed by atoms with Crippen molar-refractivity contribution in [3.63, 3.8) is 0 Å². The summed E-state index contributed by atoms with van der Waals surface area (Å²) in [4.78, 5) is 0. The van der Waals surface area contributed by atoms with Gasteiger partial charge in [-0.25, -0.2) is 0 Å². The lowest BCUT2D eigenvalue weighted by Gasteiger charge is -2.16. The standard InChI is InChI=1S/C10H14F3N3OS/c1-2-7-6(3-4-17-7)5-14-9-16-15-8(18-9)10(11,12)13/h6-7H,2-5H2,1H3,(H,14,16). The molecule has 1 aromatic rings. The average Bonchev–Trinajstić information content (AvgIpc) is 2.94. The van der Waals surface area contributed by atoms with Gasteiger partial charge in [-0.05, 0) is 12.8 Å². The molecule has 1 saturated heterocycles. The SMILES string of the molecule is CCC1OCCC1CNc1nnc(C(F)(F)F)s1. The van der Waals surface area contributed by atoms with Crippen LogP contribution in [0.5, 0.6) is 0 Å². The van der Waals surface area contributed by atoms with Crippen LogP contribution in [-0.4, -0.2) is 29.5 Å². The summed E-state index contributed by atoms with van der Waals surface area (Å²) >= 11 is 0.533. The first kappa shape index (κ1) is 13.5. The van der Waals surface area contributed by atoms with Crippen LogP contribution in [0.1, 0.15) is 24.8 Å². The van der Waals surface area contributed by atoms with Gasteiger partial charge in [-0.15, -0.1) is 10.2 Å². The van der Waals surface area contributed by atoms with E-state index < -0.39 is 11.2 Å². The number of hydrogen-bond donors (Lipinski definition) is 1. The lowest BCUT2D eigenvalue weighted by atomic mass is 10.00. The van der Waals surface area contributed by atoms with E-state index in [0.717, 1.165) is 19.4 Å². The highest BCUT2D eigenvalue weighted by Gasteiger charge is 2.35. The molecule has 0 saturated carbocycles. The monoisotopic (exact) mass is 281 g/mol. The van der Waals surface area contributed by atoms with Gasteiger partial charge in [0, 0.05) is 19.1 Å². The molecule has 1 aliphatic heterocycles. The topological polar surface area (TPSA) is 47.0 Å². The molecule has 0 spiro atoms. The maximum Gasteiger partial charge on any atom is 0.445 e. The number of ether oxygens (including phenoxy) is 1. The minimum atomic E-state index is -4.42. The molecule has 2 atom stereocenters. The predicted molar refractivity (Wildman–Crippen MR) is 61.5 cm³/mol. The van der Waals surface area contributed by atoms with Crippen molar-refractivity contribution in [3.05, 3.63) is 5.01 Å². The molecule has 0 bridgehead atoms. The highest BCUT2D eigenvalue weighted by Crippen LogP contribution is 2.33. The van der Waals surface area contributed by atoms with E-state index >= 15 is 0 Å². The van der Waals surface area contributed by atoms with E-state index in [1.54, 1.807) is 0 Å².